The Morgan fingerprint density at radius 2 is 2.00 bits per heavy atom. The highest BCUT2D eigenvalue weighted by atomic mass is 19.2. The second-order valence-corrected chi connectivity index (χ2v) is 2.75. The van der Waals surface area contributed by atoms with Gasteiger partial charge in [0, 0.05) is 18.2 Å². The molecule has 14 heavy (non-hydrogen) atoms. The molecule has 0 aliphatic rings. The second kappa shape index (κ2) is 4.81. The maximum absolute atomic E-state index is 13.0. The summed E-state index contributed by atoms with van der Waals surface area (Å²) in [5.41, 5.74) is -0.0854. The molecule has 1 N–H and O–H groups in total. The van der Waals surface area contributed by atoms with Gasteiger partial charge in [-0.3, -0.25) is 0 Å². The molecule has 0 fully saturated rings. The molecule has 0 aromatic heterocycles. The topological polar surface area (TPSA) is 12.0 Å². The lowest BCUT2D eigenvalue weighted by Gasteiger charge is -1.98. The van der Waals surface area contributed by atoms with Crippen molar-refractivity contribution in [2.24, 2.45) is 0 Å². The first kappa shape index (κ1) is 10.8. The summed E-state index contributed by atoms with van der Waals surface area (Å²) in [7, 11) is 1.72. The Balaban J connectivity index is 2.96. The van der Waals surface area contributed by atoms with Gasteiger partial charge in [0.15, 0.2) is 11.6 Å². The number of rotatable bonds is 3. The van der Waals surface area contributed by atoms with Crippen LogP contribution in [-0.2, 0) is 0 Å². The number of nitrogens with one attached hydrogen (secondary N) is 1. The first-order valence-electron chi connectivity index (χ1n) is 4.11. The van der Waals surface area contributed by atoms with Crippen LogP contribution in [0.15, 0.2) is 18.2 Å². The molecule has 0 aliphatic carbocycles. The van der Waals surface area contributed by atoms with Gasteiger partial charge in [0.1, 0.15) is 5.82 Å². The van der Waals surface area contributed by atoms with Crippen LogP contribution >= 0.6 is 0 Å². The monoisotopic (exact) mass is 201 g/mol. The zero-order chi connectivity index (χ0) is 10.6. The lowest BCUT2D eigenvalue weighted by molar-refractivity contribution is 0.493. The average molecular weight is 201 g/mol. The fraction of sp³-hybridized carbons (Fsp3) is 0.200. The molecule has 0 aliphatic heterocycles. The summed E-state index contributed by atoms with van der Waals surface area (Å²) < 4.78 is 38.3. The second-order valence-electron chi connectivity index (χ2n) is 2.75. The summed E-state index contributed by atoms with van der Waals surface area (Å²) >= 11 is 0. The van der Waals surface area contributed by atoms with E-state index < -0.39 is 17.5 Å². The molecule has 0 bridgehead atoms. The van der Waals surface area contributed by atoms with Crippen LogP contribution in [0.25, 0.3) is 6.08 Å². The fourth-order valence-electron chi connectivity index (χ4n) is 1.00. The Kier molecular flexibility index (Phi) is 3.71. The van der Waals surface area contributed by atoms with Gasteiger partial charge in [0.2, 0.25) is 0 Å². The predicted molar refractivity (Wildman–Crippen MR) is 49.3 cm³/mol. The molecular formula is C10H10F3N. The van der Waals surface area contributed by atoms with Crippen molar-refractivity contribution >= 4 is 6.08 Å². The maximum Gasteiger partial charge on any atom is 0.166 e. The number of benzene rings is 1. The van der Waals surface area contributed by atoms with Crippen LogP contribution in [0.3, 0.4) is 0 Å². The van der Waals surface area contributed by atoms with Crippen molar-refractivity contribution in [3.63, 3.8) is 0 Å². The van der Waals surface area contributed by atoms with Gasteiger partial charge in [0.05, 0.1) is 0 Å². The van der Waals surface area contributed by atoms with Gasteiger partial charge < -0.3 is 5.32 Å². The Morgan fingerprint density at radius 3 is 2.64 bits per heavy atom. The molecule has 0 radical (unpaired) electrons. The van der Waals surface area contributed by atoms with Crippen LogP contribution in [0.4, 0.5) is 13.2 Å². The largest absolute Gasteiger partial charge is 0.316 e. The number of likely N-dealkylation sites (N-methyl/N-ethyl adjacent to an activating group) is 1. The van der Waals surface area contributed by atoms with Gasteiger partial charge in [0.25, 0.3) is 0 Å². The quantitative estimate of drug-likeness (QED) is 0.740. The number of hydrogen-bond donors (Lipinski definition) is 1. The van der Waals surface area contributed by atoms with E-state index in [1.807, 2.05) is 0 Å². The summed E-state index contributed by atoms with van der Waals surface area (Å²) in [5.74, 6) is -2.99. The van der Waals surface area contributed by atoms with Crippen LogP contribution < -0.4 is 5.32 Å². The van der Waals surface area contributed by atoms with Crippen molar-refractivity contribution in [1.82, 2.24) is 5.32 Å². The maximum atomic E-state index is 13.0. The van der Waals surface area contributed by atoms with E-state index in [1.54, 1.807) is 13.1 Å². The Bertz CT molecular complexity index is 347. The Hall–Kier alpha value is -1.29. The first-order chi connectivity index (χ1) is 6.65. The minimum atomic E-state index is -1.17. The Labute approximate surface area is 80.2 Å². The van der Waals surface area contributed by atoms with Crippen molar-refractivity contribution in [2.75, 3.05) is 13.6 Å². The average Bonchev–Trinajstić information content (AvgIpc) is 2.13. The number of halogens is 3. The highest BCUT2D eigenvalue weighted by molar-refractivity contribution is 5.50. The van der Waals surface area contributed by atoms with Crippen molar-refractivity contribution < 1.29 is 13.2 Å². The molecular weight excluding hydrogens is 191 g/mol. The minimum absolute atomic E-state index is 0.0854. The van der Waals surface area contributed by atoms with E-state index in [0.29, 0.717) is 12.6 Å². The van der Waals surface area contributed by atoms with Gasteiger partial charge in [-0.2, -0.15) is 0 Å². The molecule has 0 atom stereocenters. The van der Waals surface area contributed by atoms with Crippen LogP contribution in [0.5, 0.6) is 0 Å². The van der Waals surface area contributed by atoms with Crippen LogP contribution in [0, 0.1) is 17.5 Å². The SMILES string of the molecule is CNCC=Cc1cc(F)cc(F)c1F. The van der Waals surface area contributed by atoms with Gasteiger partial charge in [-0.15, -0.1) is 0 Å². The van der Waals surface area contributed by atoms with Crippen LogP contribution in [-0.4, -0.2) is 13.6 Å². The fourth-order valence-corrected chi connectivity index (χ4v) is 1.00. The number of hydrogen-bond acceptors (Lipinski definition) is 1. The zero-order valence-electron chi connectivity index (χ0n) is 7.65. The molecule has 0 saturated heterocycles. The third-order valence-corrected chi connectivity index (χ3v) is 1.64. The van der Waals surface area contributed by atoms with E-state index in [9.17, 15) is 13.2 Å². The van der Waals surface area contributed by atoms with Gasteiger partial charge in [-0.25, -0.2) is 13.2 Å². The Morgan fingerprint density at radius 1 is 1.29 bits per heavy atom. The molecule has 76 valence electrons. The summed E-state index contributed by atoms with van der Waals surface area (Å²) in [4.78, 5) is 0. The van der Waals surface area contributed by atoms with Crippen molar-refractivity contribution in [3.05, 3.63) is 41.2 Å². The third kappa shape index (κ3) is 2.60. The van der Waals surface area contributed by atoms with E-state index in [1.165, 1.54) is 6.08 Å². The smallest absolute Gasteiger partial charge is 0.166 e. The molecule has 4 heteroatoms. The van der Waals surface area contributed by atoms with Crippen LogP contribution in [0.2, 0.25) is 0 Å². The summed E-state index contributed by atoms with van der Waals surface area (Å²) in [5, 5.41) is 2.79. The highest BCUT2D eigenvalue weighted by Crippen LogP contribution is 2.15. The van der Waals surface area contributed by atoms with E-state index in [4.69, 9.17) is 0 Å². The molecule has 0 amide bonds. The predicted octanol–water partition coefficient (Wildman–Crippen LogP) is 2.34. The van der Waals surface area contributed by atoms with Crippen molar-refractivity contribution in [1.29, 1.82) is 0 Å². The van der Waals surface area contributed by atoms with Gasteiger partial charge in [-0.1, -0.05) is 12.2 Å². The van der Waals surface area contributed by atoms with E-state index in [0.717, 1.165) is 6.07 Å². The van der Waals surface area contributed by atoms with Gasteiger partial charge >= 0.3 is 0 Å². The molecule has 1 rings (SSSR count). The van der Waals surface area contributed by atoms with Crippen LogP contribution in [0.1, 0.15) is 5.56 Å². The third-order valence-electron chi connectivity index (χ3n) is 1.64. The van der Waals surface area contributed by atoms with Crippen molar-refractivity contribution in [3.8, 4) is 0 Å². The van der Waals surface area contributed by atoms with E-state index >= 15 is 0 Å². The normalized spacial score (nSPS) is 11.1. The highest BCUT2D eigenvalue weighted by Gasteiger charge is 2.07. The zero-order valence-corrected chi connectivity index (χ0v) is 7.65. The molecule has 1 nitrogen and oxygen atoms in total. The molecule has 0 heterocycles. The lowest BCUT2D eigenvalue weighted by atomic mass is 10.2. The lowest BCUT2D eigenvalue weighted by Crippen LogP contribution is -2.03. The first-order valence-corrected chi connectivity index (χ1v) is 4.11. The van der Waals surface area contributed by atoms with Gasteiger partial charge in [-0.05, 0) is 13.1 Å². The molecule has 1 aromatic rings. The van der Waals surface area contributed by atoms with E-state index in [2.05, 4.69) is 5.32 Å². The molecule has 0 unspecified atom stereocenters. The van der Waals surface area contributed by atoms with E-state index in [-0.39, 0.29) is 5.56 Å². The molecule has 0 saturated carbocycles. The summed E-state index contributed by atoms with van der Waals surface area (Å²) in [6, 6.07) is 1.47. The molecule has 1 aromatic carbocycles. The molecule has 0 spiro atoms. The summed E-state index contributed by atoms with van der Waals surface area (Å²) in [6.07, 6.45) is 2.91. The minimum Gasteiger partial charge on any atom is -0.316 e. The van der Waals surface area contributed by atoms with Crippen molar-refractivity contribution in [2.45, 2.75) is 0 Å². The standard InChI is InChI=1S/C10H10F3N/c1-14-4-2-3-7-5-8(11)6-9(12)10(7)13/h2-3,5-6,14H,4H2,1H3. The summed E-state index contributed by atoms with van der Waals surface area (Å²) in [6.45, 7) is 0.511.